The topological polar surface area (TPSA) is 58.6 Å². The minimum atomic E-state index is -3.40. The van der Waals surface area contributed by atoms with Crippen molar-refractivity contribution in [3.63, 3.8) is 0 Å². The Morgan fingerprint density at radius 2 is 1.83 bits per heavy atom. The number of likely N-dealkylation sites (N-methyl/N-ethyl adjacent to an activating group) is 1. The zero-order valence-corrected chi connectivity index (χ0v) is 11.6. The molecule has 6 heteroatoms. The quantitative estimate of drug-likeness (QED) is 0.702. The van der Waals surface area contributed by atoms with Crippen molar-refractivity contribution in [2.75, 3.05) is 40.4 Å². The van der Waals surface area contributed by atoms with Crippen LogP contribution in [0.15, 0.2) is 35.2 Å². The number of benzene rings is 1. The summed E-state index contributed by atoms with van der Waals surface area (Å²) in [6.07, 6.45) is 0. The van der Waals surface area contributed by atoms with Crippen LogP contribution < -0.4 is 4.72 Å². The molecule has 0 spiro atoms. The van der Waals surface area contributed by atoms with E-state index in [1.165, 1.54) is 0 Å². The van der Waals surface area contributed by atoms with Crippen molar-refractivity contribution in [2.24, 2.45) is 0 Å². The van der Waals surface area contributed by atoms with Gasteiger partial charge in [-0.1, -0.05) is 18.2 Å². The molecule has 0 saturated heterocycles. The van der Waals surface area contributed by atoms with E-state index >= 15 is 0 Å². The molecule has 0 unspecified atom stereocenters. The van der Waals surface area contributed by atoms with Gasteiger partial charge in [-0.3, -0.25) is 0 Å². The van der Waals surface area contributed by atoms with Gasteiger partial charge in [0.2, 0.25) is 10.0 Å². The van der Waals surface area contributed by atoms with Gasteiger partial charge in [0.15, 0.2) is 0 Å². The molecule has 0 heterocycles. The first kappa shape index (κ1) is 15.1. The fourth-order valence-corrected chi connectivity index (χ4v) is 2.31. The molecule has 0 bridgehead atoms. The molecule has 1 rings (SSSR count). The van der Waals surface area contributed by atoms with Crippen LogP contribution in [0.5, 0.6) is 0 Å². The molecular formula is C12H20N2O3S. The second-order valence-corrected chi connectivity index (χ2v) is 5.89. The Hall–Kier alpha value is -0.950. The predicted molar refractivity (Wildman–Crippen MR) is 71.0 cm³/mol. The Morgan fingerprint density at radius 3 is 2.44 bits per heavy atom. The van der Waals surface area contributed by atoms with Gasteiger partial charge >= 0.3 is 0 Å². The van der Waals surface area contributed by atoms with E-state index in [0.29, 0.717) is 13.2 Å². The summed E-state index contributed by atoms with van der Waals surface area (Å²) < 4.78 is 31.4. The van der Waals surface area contributed by atoms with E-state index in [4.69, 9.17) is 4.74 Å². The largest absolute Gasteiger partial charge is 0.379 e. The summed E-state index contributed by atoms with van der Waals surface area (Å²) in [5, 5.41) is 0. The summed E-state index contributed by atoms with van der Waals surface area (Å²) in [6, 6.07) is 8.30. The molecule has 1 N–H and O–H groups in total. The smallest absolute Gasteiger partial charge is 0.240 e. The number of nitrogens with one attached hydrogen (secondary N) is 1. The number of nitrogens with zero attached hydrogens (tertiary/aromatic N) is 1. The van der Waals surface area contributed by atoms with Gasteiger partial charge < -0.3 is 9.64 Å². The molecule has 0 radical (unpaired) electrons. The minimum absolute atomic E-state index is 0.276. The fourth-order valence-electron chi connectivity index (χ4n) is 1.28. The zero-order chi connectivity index (χ0) is 13.4. The molecule has 102 valence electrons. The Balaban J connectivity index is 2.27. The normalized spacial score (nSPS) is 11.9. The first-order valence-electron chi connectivity index (χ1n) is 5.79. The van der Waals surface area contributed by atoms with Crippen molar-refractivity contribution in [1.29, 1.82) is 0 Å². The van der Waals surface area contributed by atoms with Crippen molar-refractivity contribution in [3.05, 3.63) is 30.3 Å². The van der Waals surface area contributed by atoms with E-state index in [2.05, 4.69) is 4.72 Å². The van der Waals surface area contributed by atoms with Crippen molar-refractivity contribution in [1.82, 2.24) is 9.62 Å². The standard InChI is InChI=1S/C12H20N2O3S/c1-14(2)9-11-17-10-8-13-18(15,16)12-6-4-3-5-7-12/h3-7,13H,8-11H2,1-2H3. The second kappa shape index (κ2) is 7.48. The van der Waals surface area contributed by atoms with Gasteiger partial charge in [0.25, 0.3) is 0 Å². The van der Waals surface area contributed by atoms with E-state index in [-0.39, 0.29) is 11.4 Å². The third-order valence-corrected chi connectivity index (χ3v) is 3.75. The molecule has 0 atom stereocenters. The van der Waals surface area contributed by atoms with Gasteiger partial charge in [-0.25, -0.2) is 13.1 Å². The molecule has 0 saturated carbocycles. The molecule has 0 amide bonds. The van der Waals surface area contributed by atoms with Crippen molar-refractivity contribution in [3.8, 4) is 0 Å². The molecule has 0 aliphatic carbocycles. The van der Waals surface area contributed by atoms with Crippen molar-refractivity contribution in [2.45, 2.75) is 4.90 Å². The van der Waals surface area contributed by atoms with Crippen molar-refractivity contribution >= 4 is 10.0 Å². The third kappa shape index (κ3) is 5.59. The van der Waals surface area contributed by atoms with E-state index in [0.717, 1.165) is 6.54 Å². The molecule has 18 heavy (non-hydrogen) atoms. The van der Waals surface area contributed by atoms with Gasteiger partial charge in [-0.05, 0) is 26.2 Å². The zero-order valence-electron chi connectivity index (χ0n) is 10.8. The maximum absolute atomic E-state index is 11.8. The average Bonchev–Trinajstić information content (AvgIpc) is 2.34. The van der Waals surface area contributed by atoms with Gasteiger partial charge in [0, 0.05) is 13.1 Å². The molecular weight excluding hydrogens is 252 g/mol. The maximum atomic E-state index is 11.8. The molecule has 5 nitrogen and oxygen atoms in total. The Kier molecular flexibility index (Phi) is 6.28. The average molecular weight is 272 g/mol. The SMILES string of the molecule is CN(C)CCOCCNS(=O)(=O)c1ccccc1. The summed E-state index contributed by atoms with van der Waals surface area (Å²) >= 11 is 0. The predicted octanol–water partition coefficient (Wildman–Crippen LogP) is 0.543. The highest BCUT2D eigenvalue weighted by molar-refractivity contribution is 7.89. The van der Waals surface area contributed by atoms with Crippen LogP contribution in [0.4, 0.5) is 0 Å². The highest BCUT2D eigenvalue weighted by atomic mass is 32.2. The van der Waals surface area contributed by atoms with Crippen LogP contribution in [-0.4, -0.2) is 53.7 Å². The number of ether oxygens (including phenoxy) is 1. The van der Waals surface area contributed by atoms with Gasteiger partial charge in [-0.15, -0.1) is 0 Å². The summed E-state index contributed by atoms with van der Waals surface area (Å²) in [6.45, 7) is 2.08. The van der Waals surface area contributed by atoms with E-state index in [1.807, 2.05) is 19.0 Å². The molecule has 0 fully saturated rings. The summed E-state index contributed by atoms with van der Waals surface area (Å²) in [4.78, 5) is 2.28. The summed E-state index contributed by atoms with van der Waals surface area (Å²) in [5.41, 5.74) is 0. The highest BCUT2D eigenvalue weighted by Gasteiger charge is 2.11. The first-order valence-corrected chi connectivity index (χ1v) is 7.28. The molecule has 0 aliphatic heterocycles. The molecule has 1 aromatic rings. The highest BCUT2D eigenvalue weighted by Crippen LogP contribution is 2.06. The van der Waals surface area contributed by atoms with Gasteiger partial charge in [-0.2, -0.15) is 0 Å². The van der Waals surface area contributed by atoms with Crippen LogP contribution in [0.3, 0.4) is 0 Å². The number of sulfonamides is 1. The lowest BCUT2D eigenvalue weighted by Crippen LogP contribution is -2.28. The maximum Gasteiger partial charge on any atom is 0.240 e. The van der Waals surface area contributed by atoms with Crippen LogP contribution in [0.25, 0.3) is 0 Å². The van der Waals surface area contributed by atoms with Crippen LogP contribution in [-0.2, 0) is 14.8 Å². The van der Waals surface area contributed by atoms with Crippen LogP contribution in [0.2, 0.25) is 0 Å². The van der Waals surface area contributed by atoms with Crippen molar-refractivity contribution < 1.29 is 13.2 Å². The second-order valence-electron chi connectivity index (χ2n) is 4.13. The fraction of sp³-hybridized carbons (Fsp3) is 0.500. The number of rotatable bonds is 8. The molecule has 0 aromatic heterocycles. The van der Waals surface area contributed by atoms with Crippen LogP contribution in [0.1, 0.15) is 0 Å². The lowest BCUT2D eigenvalue weighted by atomic mass is 10.4. The van der Waals surface area contributed by atoms with E-state index in [9.17, 15) is 8.42 Å². The lowest BCUT2D eigenvalue weighted by molar-refractivity contribution is 0.122. The Morgan fingerprint density at radius 1 is 1.17 bits per heavy atom. The summed E-state index contributed by atoms with van der Waals surface area (Å²) in [5.74, 6) is 0. The first-order chi connectivity index (χ1) is 8.52. The Labute approximate surface area is 109 Å². The van der Waals surface area contributed by atoms with Crippen LogP contribution >= 0.6 is 0 Å². The van der Waals surface area contributed by atoms with Gasteiger partial charge in [0.05, 0.1) is 18.1 Å². The Bertz CT molecular complexity index is 432. The molecule has 1 aromatic carbocycles. The van der Waals surface area contributed by atoms with Gasteiger partial charge in [0.1, 0.15) is 0 Å². The number of hydrogen-bond donors (Lipinski definition) is 1. The lowest BCUT2D eigenvalue weighted by Gasteiger charge is -2.10. The monoisotopic (exact) mass is 272 g/mol. The molecule has 0 aliphatic rings. The summed E-state index contributed by atoms with van der Waals surface area (Å²) in [7, 11) is 0.515. The van der Waals surface area contributed by atoms with Crippen LogP contribution in [0, 0.1) is 0 Å². The third-order valence-electron chi connectivity index (χ3n) is 2.27. The number of hydrogen-bond acceptors (Lipinski definition) is 4. The minimum Gasteiger partial charge on any atom is -0.379 e. The van der Waals surface area contributed by atoms with E-state index in [1.54, 1.807) is 30.3 Å². The van der Waals surface area contributed by atoms with E-state index < -0.39 is 10.0 Å².